The number of likely N-dealkylation sites (N-methyl/N-ethyl adjacent to an activating group) is 1. The minimum atomic E-state index is 1.10. The molecule has 164 valence electrons. The highest BCUT2D eigenvalue weighted by Crippen LogP contribution is 2.30. The SMILES string of the molecule is C/C=C\C.C=C\C=C(/C=C\C=C\C)N(C)c1ccc(-c2ccc3c(c2)CC3)cc1.CC. The number of hydrogen-bond acceptors (Lipinski definition) is 1. The predicted molar refractivity (Wildman–Crippen MR) is 142 cm³/mol. The van der Waals surface area contributed by atoms with Gasteiger partial charge in [0, 0.05) is 18.4 Å². The Labute approximate surface area is 190 Å². The van der Waals surface area contributed by atoms with E-state index in [1.54, 1.807) is 0 Å². The largest absolute Gasteiger partial charge is 0.345 e. The molecular weight excluding hydrogens is 374 g/mol. The van der Waals surface area contributed by atoms with Gasteiger partial charge in [-0.15, -0.1) is 0 Å². The molecule has 2 aromatic rings. The zero-order valence-corrected chi connectivity index (χ0v) is 20.2. The number of hydrogen-bond donors (Lipinski definition) is 0. The molecule has 0 atom stereocenters. The van der Waals surface area contributed by atoms with Crippen molar-refractivity contribution in [2.45, 2.75) is 47.5 Å². The fourth-order valence-electron chi connectivity index (χ4n) is 3.07. The lowest BCUT2D eigenvalue weighted by atomic mass is 9.86. The van der Waals surface area contributed by atoms with Gasteiger partial charge in [0.2, 0.25) is 0 Å². The number of aryl methyl sites for hydroxylation is 2. The highest BCUT2D eigenvalue weighted by molar-refractivity contribution is 5.69. The van der Waals surface area contributed by atoms with Crippen LogP contribution in [0, 0.1) is 0 Å². The van der Waals surface area contributed by atoms with Gasteiger partial charge in [-0.05, 0) is 80.2 Å². The Kier molecular flexibility index (Phi) is 12.4. The smallest absolute Gasteiger partial charge is 0.0408 e. The van der Waals surface area contributed by atoms with Gasteiger partial charge in [0.15, 0.2) is 0 Å². The van der Waals surface area contributed by atoms with Crippen LogP contribution in [-0.4, -0.2) is 7.05 Å². The van der Waals surface area contributed by atoms with Crippen molar-refractivity contribution in [3.63, 3.8) is 0 Å². The van der Waals surface area contributed by atoms with Crippen LogP contribution in [0.15, 0.2) is 103 Å². The van der Waals surface area contributed by atoms with E-state index in [1.165, 1.54) is 35.1 Å². The third kappa shape index (κ3) is 7.94. The second-order valence-electron chi connectivity index (χ2n) is 6.97. The molecule has 0 N–H and O–H groups in total. The second-order valence-corrected chi connectivity index (χ2v) is 6.97. The summed E-state index contributed by atoms with van der Waals surface area (Å²) in [5.41, 5.74) is 7.84. The summed E-state index contributed by atoms with van der Waals surface area (Å²) in [4.78, 5) is 2.17. The maximum Gasteiger partial charge on any atom is 0.0408 e. The molecule has 3 rings (SSSR count). The molecule has 0 amide bonds. The number of fused-ring (bicyclic) bond motifs is 1. The Balaban J connectivity index is 0.000000720. The standard InChI is InChI=1S/C24H25N.C4H8.C2H6/c1-4-6-7-9-23(8-5-2)25(3)24-16-14-20(15-17-24)22-13-11-19-10-12-21(19)18-22;1-3-4-2;1-2/h4-9,11,13-18H,2,10,12H2,1,3H3;3-4H,1-2H3;1-2H3/b6-4+,9-7-,23-8+;4-3-;. The first-order valence-electron chi connectivity index (χ1n) is 11.3. The van der Waals surface area contributed by atoms with Crippen molar-refractivity contribution in [3.8, 4) is 11.1 Å². The lowest BCUT2D eigenvalue weighted by Crippen LogP contribution is -2.14. The molecule has 31 heavy (non-hydrogen) atoms. The molecule has 0 heterocycles. The summed E-state index contributed by atoms with van der Waals surface area (Å²) in [6.45, 7) is 13.8. The quantitative estimate of drug-likeness (QED) is 0.338. The highest BCUT2D eigenvalue weighted by Gasteiger charge is 2.13. The molecule has 0 spiro atoms. The number of allylic oxidation sites excluding steroid dienone is 8. The van der Waals surface area contributed by atoms with Crippen molar-refractivity contribution in [3.05, 3.63) is 114 Å². The first kappa shape index (κ1) is 26.0. The van der Waals surface area contributed by atoms with Crippen molar-refractivity contribution < 1.29 is 0 Å². The Morgan fingerprint density at radius 3 is 1.90 bits per heavy atom. The Morgan fingerprint density at radius 2 is 1.42 bits per heavy atom. The number of rotatable bonds is 6. The van der Waals surface area contributed by atoms with E-state index >= 15 is 0 Å². The van der Waals surface area contributed by atoms with E-state index in [0.717, 1.165) is 11.4 Å². The van der Waals surface area contributed by atoms with Crippen LogP contribution in [0.3, 0.4) is 0 Å². The molecule has 0 aromatic heterocycles. The third-order valence-corrected chi connectivity index (χ3v) is 5.04. The van der Waals surface area contributed by atoms with Crippen LogP contribution in [0.4, 0.5) is 5.69 Å². The molecule has 1 nitrogen and oxygen atoms in total. The predicted octanol–water partition coefficient (Wildman–Crippen LogP) is 8.70. The second kappa shape index (κ2) is 14.8. The maximum atomic E-state index is 3.82. The van der Waals surface area contributed by atoms with Gasteiger partial charge in [-0.2, -0.15) is 0 Å². The number of nitrogens with zero attached hydrogens (tertiary/aromatic N) is 1. The van der Waals surface area contributed by atoms with E-state index in [4.69, 9.17) is 0 Å². The van der Waals surface area contributed by atoms with Crippen molar-refractivity contribution >= 4 is 5.69 Å². The average molecular weight is 414 g/mol. The molecule has 0 unspecified atom stereocenters. The third-order valence-electron chi connectivity index (χ3n) is 5.04. The van der Waals surface area contributed by atoms with Crippen LogP contribution in [0.2, 0.25) is 0 Å². The van der Waals surface area contributed by atoms with Crippen LogP contribution in [-0.2, 0) is 12.8 Å². The fraction of sp³-hybridized carbons (Fsp3) is 0.267. The Bertz CT molecular complexity index is 904. The first-order valence-corrected chi connectivity index (χ1v) is 11.3. The van der Waals surface area contributed by atoms with E-state index in [-0.39, 0.29) is 0 Å². The van der Waals surface area contributed by atoms with Crippen molar-refractivity contribution in [2.75, 3.05) is 11.9 Å². The van der Waals surface area contributed by atoms with Gasteiger partial charge in [-0.25, -0.2) is 0 Å². The van der Waals surface area contributed by atoms with Crippen LogP contribution in [0.25, 0.3) is 11.1 Å². The molecule has 0 bridgehead atoms. The van der Waals surface area contributed by atoms with E-state index in [2.05, 4.69) is 67.1 Å². The molecule has 1 heteroatoms. The van der Waals surface area contributed by atoms with E-state index in [0.29, 0.717) is 0 Å². The molecule has 0 fully saturated rings. The lowest BCUT2D eigenvalue weighted by molar-refractivity contribution is 0.840. The molecule has 0 saturated carbocycles. The molecule has 1 aliphatic carbocycles. The number of anilines is 1. The molecule has 0 saturated heterocycles. The van der Waals surface area contributed by atoms with Crippen molar-refractivity contribution in [1.29, 1.82) is 0 Å². The minimum Gasteiger partial charge on any atom is -0.345 e. The van der Waals surface area contributed by atoms with Gasteiger partial charge >= 0.3 is 0 Å². The van der Waals surface area contributed by atoms with Gasteiger partial charge in [0.1, 0.15) is 0 Å². The summed E-state index contributed by atoms with van der Waals surface area (Å²) < 4.78 is 0. The molecule has 2 aromatic carbocycles. The topological polar surface area (TPSA) is 3.24 Å². The zero-order valence-electron chi connectivity index (χ0n) is 20.2. The summed E-state index contributed by atoms with van der Waals surface area (Å²) in [5.74, 6) is 0. The zero-order chi connectivity index (χ0) is 23.1. The summed E-state index contributed by atoms with van der Waals surface area (Å²) in [6, 6.07) is 15.6. The van der Waals surface area contributed by atoms with E-state index < -0.39 is 0 Å². The summed E-state index contributed by atoms with van der Waals surface area (Å²) in [5, 5.41) is 0. The van der Waals surface area contributed by atoms with Gasteiger partial charge in [-0.1, -0.05) is 87.2 Å². The maximum absolute atomic E-state index is 3.82. The monoisotopic (exact) mass is 413 g/mol. The molecule has 0 radical (unpaired) electrons. The highest BCUT2D eigenvalue weighted by atomic mass is 15.1. The van der Waals surface area contributed by atoms with E-state index in [1.807, 2.05) is 77.2 Å². The normalized spacial score (nSPS) is 12.5. The van der Waals surface area contributed by atoms with Gasteiger partial charge < -0.3 is 4.90 Å². The van der Waals surface area contributed by atoms with Crippen LogP contribution in [0.5, 0.6) is 0 Å². The fourth-order valence-corrected chi connectivity index (χ4v) is 3.07. The van der Waals surface area contributed by atoms with Crippen LogP contribution in [0.1, 0.15) is 45.7 Å². The first-order chi connectivity index (χ1) is 15.1. The van der Waals surface area contributed by atoms with Crippen molar-refractivity contribution in [1.82, 2.24) is 0 Å². The van der Waals surface area contributed by atoms with Gasteiger partial charge in [-0.3, -0.25) is 0 Å². The summed E-state index contributed by atoms with van der Waals surface area (Å²) in [7, 11) is 2.08. The minimum absolute atomic E-state index is 1.10. The van der Waals surface area contributed by atoms with Crippen molar-refractivity contribution in [2.24, 2.45) is 0 Å². The molecular formula is C30H39N. The Morgan fingerprint density at radius 1 is 0.806 bits per heavy atom. The lowest BCUT2D eigenvalue weighted by Gasteiger charge is -2.22. The summed E-state index contributed by atoms with van der Waals surface area (Å²) in [6.07, 6.45) is 18.5. The van der Waals surface area contributed by atoms with E-state index in [9.17, 15) is 0 Å². The average Bonchev–Trinajstić information content (AvgIpc) is 2.80. The molecule has 1 aliphatic rings. The summed E-state index contributed by atoms with van der Waals surface area (Å²) >= 11 is 0. The van der Waals surface area contributed by atoms with Gasteiger partial charge in [0.25, 0.3) is 0 Å². The molecule has 0 aliphatic heterocycles. The number of benzene rings is 2. The van der Waals surface area contributed by atoms with Gasteiger partial charge in [0.05, 0.1) is 0 Å². The van der Waals surface area contributed by atoms with Crippen LogP contribution < -0.4 is 4.90 Å². The Hall–Kier alpha value is -3.06. The van der Waals surface area contributed by atoms with Crippen LogP contribution >= 0.6 is 0 Å².